The number of likely N-dealkylation sites (N-methyl/N-ethyl adjacent to an activating group) is 1. The third-order valence-electron chi connectivity index (χ3n) is 1.77. The van der Waals surface area contributed by atoms with Crippen LogP contribution in [0.2, 0.25) is 0 Å². The molecule has 0 saturated carbocycles. The molecule has 0 aliphatic carbocycles. The zero-order valence-corrected chi connectivity index (χ0v) is 8.90. The number of nitrogen functional groups attached to an aromatic ring is 1. The van der Waals surface area contributed by atoms with Gasteiger partial charge in [-0.15, -0.1) is 5.10 Å². The molecular formula is C6H13N5O2S. The molecule has 7 nitrogen and oxygen atoms in total. The van der Waals surface area contributed by atoms with Gasteiger partial charge in [-0.1, -0.05) is 5.21 Å². The van der Waals surface area contributed by atoms with Gasteiger partial charge in [0.25, 0.3) is 0 Å². The normalized spacial score (nSPS) is 12.2. The number of aromatic nitrogens is 3. The van der Waals surface area contributed by atoms with Crippen molar-refractivity contribution in [3.05, 3.63) is 6.20 Å². The molecule has 80 valence electrons. The fourth-order valence-electron chi connectivity index (χ4n) is 0.832. The zero-order chi connectivity index (χ0) is 10.8. The summed E-state index contributed by atoms with van der Waals surface area (Å²) in [6.45, 7) is 0.787. The predicted molar refractivity (Wildman–Crippen MR) is 51.9 cm³/mol. The van der Waals surface area contributed by atoms with Crippen molar-refractivity contribution in [3.8, 4) is 0 Å². The molecule has 0 aliphatic heterocycles. The van der Waals surface area contributed by atoms with Gasteiger partial charge in [0.2, 0.25) is 10.0 Å². The monoisotopic (exact) mass is 219 g/mol. The lowest BCUT2D eigenvalue weighted by atomic mass is 10.6. The van der Waals surface area contributed by atoms with Crippen LogP contribution in [0.1, 0.15) is 0 Å². The third-order valence-corrected chi connectivity index (χ3v) is 3.08. The highest BCUT2D eigenvalue weighted by Gasteiger charge is 2.10. The number of nitrogens with zero attached hydrogens (tertiary/aromatic N) is 4. The highest BCUT2D eigenvalue weighted by Crippen LogP contribution is 1.96. The third kappa shape index (κ3) is 2.96. The molecule has 0 aromatic carbocycles. The van der Waals surface area contributed by atoms with E-state index in [2.05, 4.69) is 10.3 Å². The molecule has 14 heavy (non-hydrogen) atoms. The van der Waals surface area contributed by atoms with Crippen LogP contribution in [0.4, 0.5) is 5.82 Å². The summed E-state index contributed by atoms with van der Waals surface area (Å²) in [6.07, 6.45) is 2.71. The van der Waals surface area contributed by atoms with Gasteiger partial charge in [0.1, 0.15) is 0 Å². The van der Waals surface area contributed by atoms with E-state index >= 15 is 0 Å². The smallest absolute Gasteiger partial charge is 0.211 e. The van der Waals surface area contributed by atoms with Gasteiger partial charge >= 0.3 is 0 Å². The van der Waals surface area contributed by atoms with Gasteiger partial charge < -0.3 is 5.73 Å². The average Bonchev–Trinajstić information content (AvgIpc) is 2.45. The van der Waals surface area contributed by atoms with Gasteiger partial charge in [0.05, 0.1) is 19.0 Å². The van der Waals surface area contributed by atoms with Crippen LogP contribution >= 0.6 is 0 Å². The van der Waals surface area contributed by atoms with E-state index in [9.17, 15) is 8.42 Å². The van der Waals surface area contributed by atoms with Crippen molar-refractivity contribution in [1.82, 2.24) is 19.3 Å². The molecule has 1 heterocycles. The van der Waals surface area contributed by atoms with E-state index in [0.29, 0.717) is 18.9 Å². The Labute approximate surface area is 82.5 Å². The number of sulfonamides is 1. The van der Waals surface area contributed by atoms with E-state index in [1.165, 1.54) is 16.0 Å². The summed E-state index contributed by atoms with van der Waals surface area (Å²) in [5.41, 5.74) is 5.34. The van der Waals surface area contributed by atoms with Gasteiger partial charge in [-0.2, -0.15) is 0 Å². The van der Waals surface area contributed by atoms with Crippen molar-refractivity contribution in [2.45, 2.75) is 6.54 Å². The molecule has 1 aromatic rings. The topological polar surface area (TPSA) is 94.1 Å². The maximum atomic E-state index is 11.0. The van der Waals surface area contributed by atoms with E-state index in [0.717, 1.165) is 6.26 Å². The largest absolute Gasteiger partial charge is 0.381 e. The van der Waals surface area contributed by atoms with Crippen molar-refractivity contribution in [1.29, 1.82) is 0 Å². The standard InChI is InChI=1S/C6H13N5O2S/c1-10(14(2,12)13)3-4-11-5-6(7)8-9-11/h5H,3-4,7H2,1-2H3. The minimum absolute atomic E-state index is 0.326. The SMILES string of the molecule is CN(CCn1cc(N)nn1)S(C)(=O)=O. The highest BCUT2D eigenvalue weighted by molar-refractivity contribution is 7.88. The number of rotatable bonds is 4. The summed E-state index contributed by atoms with van der Waals surface area (Å²) < 4.78 is 24.8. The Morgan fingerprint density at radius 3 is 2.71 bits per heavy atom. The maximum Gasteiger partial charge on any atom is 0.211 e. The van der Waals surface area contributed by atoms with Crippen LogP contribution < -0.4 is 5.73 Å². The molecule has 0 atom stereocenters. The van der Waals surface area contributed by atoms with E-state index < -0.39 is 10.0 Å². The van der Waals surface area contributed by atoms with E-state index in [-0.39, 0.29) is 0 Å². The second kappa shape index (κ2) is 3.93. The van der Waals surface area contributed by atoms with Crippen LogP contribution in [-0.4, -0.2) is 47.6 Å². The molecule has 0 fully saturated rings. The highest BCUT2D eigenvalue weighted by atomic mass is 32.2. The minimum atomic E-state index is -3.13. The first-order valence-corrected chi connectivity index (χ1v) is 5.81. The van der Waals surface area contributed by atoms with Crippen LogP contribution in [0, 0.1) is 0 Å². The van der Waals surface area contributed by atoms with Crippen LogP contribution in [-0.2, 0) is 16.6 Å². The van der Waals surface area contributed by atoms with E-state index in [4.69, 9.17) is 5.73 Å². The molecule has 0 spiro atoms. The molecule has 0 saturated heterocycles. The molecule has 0 amide bonds. The zero-order valence-electron chi connectivity index (χ0n) is 8.08. The van der Waals surface area contributed by atoms with Crippen molar-refractivity contribution < 1.29 is 8.42 Å². The van der Waals surface area contributed by atoms with Crippen LogP contribution in [0.25, 0.3) is 0 Å². The number of anilines is 1. The number of hydrogen-bond donors (Lipinski definition) is 1. The van der Waals surface area contributed by atoms with Crippen LogP contribution in [0.5, 0.6) is 0 Å². The van der Waals surface area contributed by atoms with Crippen LogP contribution in [0.15, 0.2) is 6.20 Å². The fraction of sp³-hybridized carbons (Fsp3) is 0.667. The summed E-state index contributed by atoms with van der Waals surface area (Å²) in [5, 5.41) is 7.27. The summed E-state index contributed by atoms with van der Waals surface area (Å²) >= 11 is 0. The fourth-order valence-corrected chi connectivity index (χ4v) is 1.25. The summed E-state index contributed by atoms with van der Waals surface area (Å²) in [7, 11) is -1.62. The summed E-state index contributed by atoms with van der Waals surface area (Å²) in [6, 6.07) is 0. The maximum absolute atomic E-state index is 11.0. The van der Waals surface area contributed by atoms with E-state index in [1.54, 1.807) is 6.20 Å². The Morgan fingerprint density at radius 1 is 1.64 bits per heavy atom. The Morgan fingerprint density at radius 2 is 2.29 bits per heavy atom. The molecular weight excluding hydrogens is 206 g/mol. The van der Waals surface area contributed by atoms with Crippen molar-refractivity contribution in [2.75, 3.05) is 25.6 Å². The Balaban J connectivity index is 2.50. The molecule has 2 N–H and O–H groups in total. The van der Waals surface area contributed by atoms with Gasteiger partial charge in [0, 0.05) is 13.6 Å². The van der Waals surface area contributed by atoms with Gasteiger partial charge in [-0.25, -0.2) is 17.4 Å². The molecule has 8 heteroatoms. The summed E-state index contributed by atoms with van der Waals surface area (Å²) in [4.78, 5) is 0. The Bertz CT molecular complexity index is 398. The number of hydrogen-bond acceptors (Lipinski definition) is 5. The van der Waals surface area contributed by atoms with E-state index in [1.807, 2.05) is 0 Å². The molecule has 1 rings (SSSR count). The summed E-state index contributed by atoms with van der Waals surface area (Å²) in [5.74, 6) is 0.326. The average molecular weight is 219 g/mol. The van der Waals surface area contributed by atoms with Gasteiger partial charge in [-0.05, 0) is 0 Å². The van der Waals surface area contributed by atoms with Crippen molar-refractivity contribution in [3.63, 3.8) is 0 Å². The van der Waals surface area contributed by atoms with Crippen molar-refractivity contribution in [2.24, 2.45) is 0 Å². The predicted octanol–water partition coefficient (Wildman–Crippen LogP) is -1.25. The quantitative estimate of drug-likeness (QED) is 0.683. The van der Waals surface area contributed by atoms with Crippen molar-refractivity contribution >= 4 is 15.8 Å². The first-order chi connectivity index (χ1) is 6.39. The number of nitrogens with two attached hydrogens (primary N) is 1. The Hall–Kier alpha value is -1.15. The molecule has 0 unspecified atom stereocenters. The van der Waals surface area contributed by atoms with Gasteiger partial charge in [0.15, 0.2) is 5.82 Å². The molecule has 1 aromatic heterocycles. The van der Waals surface area contributed by atoms with Gasteiger partial charge in [-0.3, -0.25) is 0 Å². The second-order valence-electron chi connectivity index (χ2n) is 2.99. The molecule has 0 radical (unpaired) electrons. The van der Waals surface area contributed by atoms with Crippen LogP contribution in [0.3, 0.4) is 0 Å². The lowest BCUT2D eigenvalue weighted by Gasteiger charge is -2.12. The first-order valence-electron chi connectivity index (χ1n) is 3.96. The molecule has 0 aliphatic rings. The lowest BCUT2D eigenvalue weighted by Crippen LogP contribution is -2.29. The Kier molecular flexibility index (Phi) is 3.06. The second-order valence-corrected chi connectivity index (χ2v) is 5.08. The molecule has 0 bridgehead atoms. The minimum Gasteiger partial charge on any atom is -0.381 e. The lowest BCUT2D eigenvalue weighted by molar-refractivity contribution is 0.432. The first kappa shape index (κ1) is 10.9.